The zero-order valence-corrected chi connectivity index (χ0v) is 8.66. The fourth-order valence-corrected chi connectivity index (χ4v) is 1.26. The minimum Gasteiger partial charge on any atom is -0.487 e. The van der Waals surface area contributed by atoms with Crippen LogP contribution in [-0.4, -0.2) is 11.1 Å². The van der Waals surface area contributed by atoms with E-state index in [2.05, 4.69) is 18.8 Å². The van der Waals surface area contributed by atoms with Crippen molar-refractivity contribution in [2.24, 2.45) is 0 Å². The number of aromatic nitrogens is 1. The Hall–Kier alpha value is -1.25. The Morgan fingerprint density at radius 2 is 2.14 bits per heavy atom. The molecular formula is C11H16N2O. The lowest BCUT2D eigenvalue weighted by molar-refractivity contribution is 0.303. The van der Waals surface area contributed by atoms with Crippen molar-refractivity contribution in [2.45, 2.75) is 38.7 Å². The van der Waals surface area contributed by atoms with Crippen LogP contribution >= 0.6 is 0 Å². The number of hydrogen-bond donors (Lipinski definition) is 1. The van der Waals surface area contributed by atoms with Crippen molar-refractivity contribution in [1.29, 1.82) is 0 Å². The van der Waals surface area contributed by atoms with Crippen LogP contribution in [0, 0.1) is 0 Å². The van der Waals surface area contributed by atoms with E-state index in [1.165, 1.54) is 0 Å². The summed E-state index contributed by atoms with van der Waals surface area (Å²) in [5.41, 5.74) is 6.82. The first kappa shape index (κ1) is 9.31. The molecule has 1 aliphatic rings. The van der Waals surface area contributed by atoms with E-state index in [-0.39, 0.29) is 0 Å². The average molecular weight is 192 g/mol. The SMILES string of the molecule is CC(C)c1ccc(OC2CC2)c(N)n1. The van der Waals surface area contributed by atoms with Gasteiger partial charge in [-0.05, 0) is 30.9 Å². The molecule has 0 spiro atoms. The average Bonchev–Trinajstić information content (AvgIpc) is 2.92. The van der Waals surface area contributed by atoms with Crippen molar-refractivity contribution in [2.75, 3.05) is 5.73 Å². The molecule has 0 unspecified atom stereocenters. The van der Waals surface area contributed by atoms with Crippen LogP contribution in [0.4, 0.5) is 5.82 Å². The number of ether oxygens (including phenoxy) is 1. The first-order valence-corrected chi connectivity index (χ1v) is 5.10. The van der Waals surface area contributed by atoms with Gasteiger partial charge >= 0.3 is 0 Å². The van der Waals surface area contributed by atoms with E-state index in [4.69, 9.17) is 10.5 Å². The summed E-state index contributed by atoms with van der Waals surface area (Å²) in [6.45, 7) is 4.20. The number of anilines is 1. The summed E-state index contributed by atoms with van der Waals surface area (Å²) in [5.74, 6) is 1.66. The molecule has 14 heavy (non-hydrogen) atoms. The highest BCUT2D eigenvalue weighted by molar-refractivity contribution is 5.47. The molecule has 76 valence electrons. The zero-order valence-electron chi connectivity index (χ0n) is 8.66. The maximum absolute atomic E-state index is 5.80. The molecule has 1 fully saturated rings. The molecule has 0 aromatic carbocycles. The minimum atomic E-state index is 0.379. The van der Waals surface area contributed by atoms with Gasteiger partial charge < -0.3 is 10.5 Å². The molecule has 0 saturated heterocycles. The van der Waals surface area contributed by atoms with Gasteiger partial charge in [-0.1, -0.05) is 13.8 Å². The van der Waals surface area contributed by atoms with Crippen LogP contribution in [0.2, 0.25) is 0 Å². The highest BCUT2D eigenvalue weighted by Crippen LogP contribution is 2.30. The topological polar surface area (TPSA) is 48.1 Å². The van der Waals surface area contributed by atoms with Crippen LogP contribution in [0.25, 0.3) is 0 Å². The van der Waals surface area contributed by atoms with E-state index in [9.17, 15) is 0 Å². The lowest BCUT2D eigenvalue weighted by atomic mass is 10.1. The first-order chi connectivity index (χ1) is 6.66. The Morgan fingerprint density at radius 1 is 1.43 bits per heavy atom. The van der Waals surface area contributed by atoms with Gasteiger partial charge in [0.25, 0.3) is 0 Å². The number of rotatable bonds is 3. The lowest BCUT2D eigenvalue weighted by Crippen LogP contribution is -2.03. The van der Waals surface area contributed by atoms with Crippen LogP contribution < -0.4 is 10.5 Å². The Bertz CT molecular complexity index is 332. The standard InChI is InChI=1S/C11H16N2O/c1-7(2)9-5-6-10(11(12)13-9)14-8-3-4-8/h5-8H,3-4H2,1-2H3,(H2,12,13). The third-order valence-electron chi connectivity index (χ3n) is 2.32. The van der Waals surface area contributed by atoms with Gasteiger partial charge in [-0.3, -0.25) is 0 Å². The maximum Gasteiger partial charge on any atom is 0.166 e. The van der Waals surface area contributed by atoms with Crippen molar-refractivity contribution >= 4 is 5.82 Å². The molecule has 2 N–H and O–H groups in total. The van der Waals surface area contributed by atoms with E-state index in [1.54, 1.807) is 0 Å². The van der Waals surface area contributed by atoms with Gasteiger partial charge in [0.1, 0.15) is 0 Å². The largest absolute Gasteiger partial charge is 0.487 e. The van der Waals surface area contributed by atoms with E-state index in [1.807, 2.05) is 12.1 Å². The van der Waals surface area contributed by atoms with Crippen LogP contribution in [0.5, 0.6) is 5.75 Å². The summed E-state index contributed by atoms with van der Waals surface area (Å²) in [5, 5.41) is 0. The van der Waals surface area contributed by atoms with Gasteiger partial charge in [-0.2, -0.15) is 0 Å². The monoisotopic (exact) mass is 192 g/mol. The Balaban J connectivity index is 2.17. The third-order valence-corrected chi connectivity index (χ3v) is 2.32. The van der Waals surface area contributed by atoms with Crippen LogP contribution in [0.3, 0.4) is 0 Å². The molecular weight excluding hydrogens is 176 g/mol. The van der Waals surface area contributed by atoms with Gasteiger partial charge in [-0.25, -0.2) is 4.98 Å². The number of nitrogen functional groups attached to an aromatic ring is 1. The van der Waals surface area contributed by atoms with Crippen molar-refractivity contribution in [1.82, 2.24) is 4.98 Å². The number of nitrogens with zero attached hydrogens (tertiary/aromatic N) is 1. The molecule has 2 rings (SSSR count). The summed E-state index contributed by atoms with van der Waals surface area (Å²) in [6.07, 6.45) is 2.67. The van der Waals surface area contributed by atoms with Gasteiger partial charge in [0.15, 0.2) is 11.6 Å². The summed E-state index contributed by atoms with van der Waals surface area (Å²) in [4.78, 5) is 4.31. The molecule has 0 atom stereocenters. The second-order valence-electron chi connectivity index (χ2n) is 4.09. The summed E-state index contributed by atoms with van der Waals surface area (Å²) in [7, 11) is 0. The number of pyridine rings is 1. The number of hydrogen-bond acceptors (Lipinski definition) is 3. The molecule has 1 aromatic heterocycles. The van der Waals surface area contributed by atoms with Crippen molar-refractivity contribution < 1.29 is 4.74 Å². The van der Waals surface area contributed by atoms with Crippen LogP contribution in [0.15, 0.2) is 12.1 Å². The number of nitrogens with two attached hydrogens (primary N) is 1. The Morgan fingerprint density at radius 3 is 2.64 bits per heavy atom. The third kappa shape index (κ3) is 1.97. The minimum absolute atomic E-state index is 0.379. The van der Waals surface area contributed by atoms with Crippen LogP contribution in [-0.2, 0) is 0 Å². The molecule has 0 bridgehead atoms. The molecule has 1 saturated carbocycles. The summed E-state index contributed by atoms with van der Waals surface area (Å²) >= 11 is 0. The fourth-order valence-electron chi connectivity index (χ4n) is 1.26. The van der Waals surface area contributed by atoms with Gasteiger partial charge in [-0.15, -0.1) is 0 Å². The normalized spacial score (nSPS) is 15.9. The van der Waals surface area contributed by atoms with E-state index in [0.717, 1.165) is 24.3 Å². The van der Waals surface area contributed by atoms with Gasteiger partial charge in [0.05, 0.1) is 6.10 Å². The highest BCUT2D eigenvalue weighted by Gasteiger charge is 2.24. The molecule has 1 heterocycles. The molecule has 3 heteroatoms. The van der Waals surface area contributed by atoms with E-state index >= 15 is 0 Å². The van der Waals surface area contributed by atoms with Crippen molar-refractivity contribution in [3.05, 3.63) is 17.8 Å². The molecule has 0 aliphatic heterocycles. The van der Waals surface area contributed by atoms with E-state index < -0.39 is 0 Å². The predicted octanol–water partition coefficient (Wildman–Crippen LogP) is 2.33. The Labute approximate surface area is 84.3 Å². The second-order valence-corrected chi connectivity index (χ2v) is 4.09. The van der Waals surface area contributed by atoms with Crippen molar-refractivity contribution in [3.63, 3.8) is 0 Å². The quantitative estimate of drug-likeness (QED) is 0.799. The molecule has 0 radical (unpaired) electrons. The molecule has 1 aromatic rings. The predicted molar refractivity (Wildman–Crippen MR) is 56.4 cm³/mol. The van der Waals surface area contributed by atoms with Gasteiger partial charge in [0.2, 0.25) is 0 Å². The molecule has 0 amide bonds. The van der Waals surface area contributed by atoms with E-state index in [0.29, 0.717) is 17.8 Å². The first-order valence-electron chi connectivity index (χ1n) is 5.10. The van der Waals surface area contributed by atoms with Crippen molar-refractivity contribution in [3.8, 4) is 5.75 Å². The highest BCUT2D eigenvalue weighted by atomic mass is 16.5. The maximum atomic E-state index is 5.80. The van der Waals surface area contributed by atoms with Crippen LogP contribution in [0.1, 0.15) is 38.3 Å². The van der Waals surface area contributed by atoms with Gasteiger partial charge in [0, 0.05) is 5.69 Å². The summed E-state index contributed by atoms with van der Waals surface area (Å²) in [6, 6.07) is 3.91. The molecule has 1 aliphatic carbocycles. The molecule has 3 nitrogen and oxygen atoms in total. The summed E-state index contributed by atoms with van der Waals surface area (Å²) < 4.78 is 5.60. The second kappa shape index (κ2) is 3.48. The Kier molecular flexibility index (Phi) is 2.32. The zero-order chi connectivity index (χ0) is 10.1. The fraction of sp³-hybridized carbons (Fsp3) is 0.545. The smallest absolute Gasteiger partial charge is 0.166 e. The lowest BCUT2D eigenvalue weighted by Gasteiger charge is -2.10.